The predicted molar refractivity (Wildman–Crippen MR) is 129 cm³/mol. The standard InChI is InChI=1S/C23H22Cl2N2O5S/c1-2-12-26-33(29,30)18-9-11-21(19(25)14-18)31-15-23(28)27-20-13-16(24)8-10-22(20)32-17-6-4-3-5-7-17/h3-11,13-14,26H,2,12,15H2,1H3,(H,27,28). The van der Waals surface area contributed by atoms with Crippen LogP contribution < -0.4 is 19.5 Å². The Balaban J connectivity index is 1.66. The Hall–Kier alpha value is -2.78. The highest BCUT2D eigenvalue weighted by Gasteiger charge is 2.16. The number of hydrogen-bond donors (Lipinski definition) is 2. The van der Waals surface area contributed by atoms with Gasteiger partial charge in [0.05, 0.1) is 15.6 Å². The second-order valence-corrected chi connectivity index (χ2v) is 9.49. The molecule has 0 fully saturated rings. The number of benzene rings is 3. The molecule has 7 nitrogen and oxygen atoms in total. The fourth-order valence-corrected chi connectivity index (χ4v) is 4.35. The van der Waals surface area contributed by atoms with Crippen molar-refractivity contribution in [1.29, 1.82) is 0 Å². The molecule has 0 atom stereocenters. The van der Waals surface area contributed by atoms with Crippen molar-refractivity contribution in [3.05, 3.63) is 76.8 Å². The van der Waals surface area contributed by atoms with Crippen molar-refractivity contribution in [2.45, 2.75) is 18.2 Å². The molecule has 174 valence electrons. The van der Waals surface area contributed by atoms with Crippen LogP contribution in [0.4, 0.5) is 5.69 Å². The maximum absolute atomic E-state index is 12.5. The van der Waals surface area contributed by atoms with Crippen LogP contribution in [-0.4, -0.2) is 27.5 Å². The van der Waals surface area contributed by atoms with Crippen LogP contribution in [0.25, 0.3) is 0 Å². The zero-order valence-corrected chi connectivity index (χ0v) is 20.0. The SMILES string of the molecule is CCCNS(=O)(=O)c1ccc(OCC(=O)Nc2cc(Cl)ccc2Oc2ccccc2)c(Cl)c1. The minimum atomic E-state index is -3.66. The lowest BCUT2D eigenvalue weighted by Crippen LogP contribution is -2.24. The van der Waals surface area contributed by atoms with Crippen LogP contribution in [0.5, 0.6) is 17.2 Å². The molecular weight excluding hydrogens is 487 g/mol. The first-order chi connectivity index (χ1) is 15.8. The first kappa shape index (κ1) is 24.9. The molecule has 3 rings (SSSR count). The van der Waals surface area contributed by atoms with E-state index < -0.39 is 15.9 Å². The summed E-state index contributed by atoms with van der Waals surface area (Å²) in [6.07, 6.45) is 0.661. The summed E-state index contributed by atoms with van der Waals surface area (Å²) < 4.78 is 38.2. The quantitative estimate of drug-likeness (QED) is 0.377. The molecule has 1 amide bonds. The predicted octanol–water partition coefficient (Wildman–Crippen LogP) is 5.49. The highest BCUT2D eigenvalue weighted by Crippen LogP contribution is 2.32. The number of sulfonamides is 1. The Morgan fingerprint density at radius 2 is 1.70 bits per heavy atom. The first-order valence-corrected chi connectivity index (χ1v) is 12.3. The van der Waals surface area contributed by atoms with Crippen LogP contribution in [0.2, 0.25) is 10.0 Å². The van der Waals surface area contributed by atoms with Crippen molar-refractivity contribution in [1.82, 2.24) is 4.72 Å². The third-order valence-corrected chi connectivity index (χ3v) is 6.29. The van der Waals surface area contributed by atoms with Gasteiger partial charge in [0.2, 0.25) is 10.0 Å². The average molecular weight is 509 g/mol. The van der Waals surface area contributed by atoms with Crippen LogP contribution in [0.1, 0.15) is 13.3 Å². The van der Waals surface area contributed by atoms with Crippen molar-refractivity contribution in [3.8, 4) is 17.2 Å². The number of para-hydroxylation sites is 1. The van der Waals surface area contributed by atoms with Crippen molar-refractivity contribution in [2.24, 2.45) is 0 Å². The van der Waals surface area contributed by atoms with E-state index in [-0.39, 0.29) is 22.3 Å². The van der Waals surface area contributed by atoms with Gasteiger partial charge in [0.15, 0.2) is 12.4 Å². The number of halogens is 2. The van der Waals surface area contributed by atoms with E-state index >= 15 is 0 Å². The summed E-state index contributed by atoms with van der Waals surface area (Å²) in [4.78, 5) is 12.5. The molecule has 0 spiro atoms. The number of carbonyl (C=O) groups excluding carboxylic acids is 1. The van der Waals surface area contributed by atoms with Gasteiger partial charge in [-0.2, -0.15) is 0 Å². The highest BCUT2D eigenvalue weighted by molar-refractivity contribution is 7.89. The highest BCUT2D eigenvalue weighted by atomic mass is 35.5. The molecule has 3 aromatic carbocycles. The molecule has 0 saturated carbocycles. The summed E-state index contributed by atoms with van der Waals surface area (Å²) in [5.74, 6) is 0.702. The second-order valence-electron chi connectivity index (χ2n) is 6.88. The summed E-state index contributed by atoms with van der Waals surface area (Å²) in [6.45, 7) is 1.81. The van der Waals surface area contributed by atoms with Gasteiger partial charge in [-0.3, -0.25) is 4.79 Å². The van der Waals surface area contributed by atoms with Gasteiger partial charge >= 0.3 is 0 Å². The summed E-state index contributed by atoms with van der Waals surface area (Å²) in [5.41, 5.74) is 0.370. The van der Waals surface area contributed by atoms with Crippen molar-refractivity contribution in [2.75, 3.05) is 18.5 Å². The van der Waals surface area contributed by atoms with E-state index in [2.05, 4.69) is 10.0 Å². The minimum absolute atomic E-state index is 0.0133. The minimum Gasteiger partial charge on any atom is -0.482 e. The molecule has 33 heavy (non-hydrogen) atoms. The van der Waals surface area contributed by atoms with E-state index in [9.17, 15) is 13.2 Å². The lowest BCUT2D eigenvalue weighted by Gasteiger charge is -2.14. The second kappa shape index (κ2) is 11.4. The molecule has 0 aliphatic carbocycles. The molecule has 3 aromatic rings. The number of amides is 1. The summed E-state index contributed by atoms with van der Waals surface area (Å²) in [6, 6.07) is 18.0. The van der Waals surface area contributed by atoms with Crippen LogP contribution >= 0.6 is 23.2 Å². The lowest BCUT2D eigenvalue weighted by atomic mass is 10.2. The molecule has 0 saturated heterocycles. The largest absolute Gasteiger partial charge is 0.482 e. The molecule has 0 aliphatic heterocycles. The van der Waals surface area contributed by atoms with Gasteiger partial charge in [0.1, 0.15) is 11.5 Å². The Labute approximate surface area is 202 Å². The van der Waals surface area contributed by atoms with Crippen molar-refractivity contribution >= 4 is 44.8 Å². The zero-order chi connectivity index (χ0) is 23.8. The van der Waals surface area contributed by atoms with Gasteiger partial charge in [-0.05, 0) is 55.0 Å². The third kappa shape index (κ3) is 7.10. The average Bonchev–Trinajstić information content (AvgIpc) is 2.79. The Morgan fingerprint density at radius 1 is 0.970 bits per heavy atom. The fraction of sp³-hybridized carbons (Fsp3) is 0.174. The topological polar surface area (TPSA) is 93.7 Å². The van der Waals surface area contributed by atoms with E-state index in [4.69, 9.17) is 32.7 Å². The maximum Gasteiger partial charge on any atom is 0.262 e. The number of rotatable bonds is 10. The van der Waals surface area contributed by atoms with Gasteiger partial charge in [0.25, 0.3) is 5.91 Å². The van der Waals surface area contributed by atoms with Gasteiger partial charge in [-0.1, -0.05) is 48.3 Å². The summed E-state index contributed by atoms with van der Waals surface area (Å²) in [5, 5.41) is 3.18. The van der Waals surface area contributed by atoms with Crippen LogP contribution in [0.15, 0.2) is 71.6 Å². The Kier molecular flexibility index (Phi) is 8.57. The molecule has 2 N–H and O–H groups in total. The Bertz CT molecular complexity index is 1220. The number of hydrogen-bond acceptors (Lipinski definition) is 5. The third-order valence-electron chi connectivity index (χ3n) is 4.30. The molecule has 10 heteroatoms. The van der Waals surface area contributed by atoms with E-state index in [1.54, 1.807) is 30.3 Å². The van der Waals surface area contributed by atoms with Crippen molar-refractivity contribution in [3.63, 3.8) is 0 Å². The molecule has 0 unspecified atom stereocenters. The van der Waals surface area contributed by atoms with E-state index in [0.29, 0.717) is 35.2 Å². The molecular formula is C23H22Cl2N2O5S. The van der Waals surface area contributed by atoms with E-state index in [0.717, 1.165) is 0 Å². The Morgan fingerprint density at radius 3 is 2.39 bits per heavy atom. The van der Waals surface area contributed by atoms with Crippen LogP contribution in [-0.2, 0) is 14.8 Å². The number of carbonyl (C=O) groups is 1. The normalized spacial score (nSPS) is 11.1. The zero-order valence-electron chi connectivity index (χ0n) is 17.7. The summed E-state index contributed by atoms with van der Waals surface area (Å²) >= 11 is 12.2. The van der Waals surface area contributed by atoms with Gasteiger partial charge in [-0.25, -0.2) is 13.1 Å². The van der Waals surface area contributed by atoms with E-state index in [1.807, 2.05) is 25.1 Å². The summed E-state index contributed by atoms with van der Waals surface area (Å²) in [7, 11) is -3.66. The molecule has 0 bridgehead atoms. The lowest BCUT2D eigenvalue weighted by molar-refractivity contribution is -0.118. The molecule has 0 aliphatic rings. The number of anilines is 1. The number of ether oxygens (including phenoxy) is 2. The first-order valence-electron chi connectivity index (χ1n) is 10.0. The fourth-order valence-electron chi connectivity index (χ4n) is 2.72. The smallest absolute Gasteiger partial charge is 0.262 e. The van der Waals surface area contributed by atoms with Crippen LogP contribution in [0, 0.1) is 0 Å². The van der Waals surface area contributed by atoms with E-state index in [1.165, 1.54) is 18.2 Å². The molecule has 0 heterocycles. The molecule has 0 aromatic heterocycles. The van der Waals surface area contributed by atoms with Crippen molar-refractivity contribution < 1.29 is 22.7 Å². The van der Waals surface area contributed by atoms with Gasteiger partial charge < -0.3 is 14.8 Å². The molecule has 0 radical (unpaired) electrons. The number of nitrogens with one attached hydrogen (secondary N) is 2. The maximum atomic E-state index is 12.5. The van der Waals surface area contributed by atoms with Crippen LogP contribution in [0.3, 0.4) is 0 Å². The van der Waals surface area contributed by atoms with Gasteiger partial charge in [0, 0.05) is 11.6 Å². The van der Waals surface area contributed by atoms with Gasteiger partial charge in [-0.15, -0.1) is 0 Å². The monoisotopic (exact) mass is 508 g/mol.